The summed E-state index contributed by atoms with van der Waals surface area (Å²) in [7, 11) is 0. The lowest BCUT2D eigenvalue weighted by molar-refractivity contribution is -0.132. The number of carbonyl (C=O) groups is 1. The van der Waals surface area contributed by atoms with Gasteiger partial charge in [-0.25, -0.2) is 0 Å². The number of nitrogens with zero attached hydrogens (tertiary/aromatic N) is 1. The molecule has 1 amide bonds. The van der Waals surface area contributed by atoms with Crippen molar-refractivity contribution in [3.63, 3.8) is 0 Å². The Morgan fingerprint density at radius 2 is 2.08 bits per heavy atom. The maximum atomic E-state index is 12.1. The molecule has 0 fully saturated rings. The second-order valence-electron chi connectivity index (χ2n) is 6.79. The number of hydrogen-bond acceptors (Lipinski definition) is 2. The van der Waals surface area contributed by atoms with Crippen LogP contribution in [0, 0.1) is 0 Å². The van der Waals surface area contributed by atoms with Crippen LogP contribution in [0.3, 0.4) is 0 Å². The van der Waals surface area contributed by atoms with E-state index in [-0.39, 0.29) is 11.9 Å². The van der Waals surface area contributed by atoms with Gasteiger partial charge in [-0.3, -0.25) is 4.79 Å². The summed E-state index contributed by atoms with van der Waals surface area (Å²) in [5, 5.41) is 4.83. The van der Waals surface area contributed by atoms with Crippen LogP contribution < -0.4 is 5.32 Å². The quantitative estimate of drug-likeness (QED) is 0.760. The van der Waals surface area contributed by atoms with Crippen molar-refractivity contribution in [1.82, 2.24) is 15.2 Å². The van der Waals surface area contributed by atoms with Crippen molar-refractivity contribution < 1.29 is 4.79 Å². The van der Waals surface area contributed by atoms with E-state index in [9.17, 15) is 4.79 Å². The molecule has 2 aromatic rings. The smallest absolute Gasteiger partial charge is 0.220 e. The molecule has 1 aliphatic rings. The monoisotopic (exact) mass is 327 g/mol. The molecule has 0 bridgehead atoms. The molecule has 0 saturated carbocycles. The Hall–Kier alpha value is -1.81. The summed E-state index contributed by atoms with van der Waals surface area (Å²) in [5.41, 5.74) is 3.86. The van der Waals surface area contributed by atoms with E-state index in [1.165, 1.54) is 35.0 Å². The summed E-state index contributed by atoms with van der Waals surface area (Å²) in [5.74, 6) is 0.184. The van der Waals surface area contributed by atoms with Crippen LogP contribution in [-0.4, -0.2) is 35.4 Å². The minimum absolute atomic E-state index is 0.184. The van der Waals surface area contributed by atoms with Crippen LogP contribution in [0.15, 0.2) is 24.3 Å². The van der Waals surface area contributed by atoms with Crippen LogP contribution in [0.2, 0.25) is 0 Å². The van der Waals surface area contributed by atoms with E-state index in [4.69, 9.17) is 0 Å². The Labute approximate surface area is 144 Å². The van der Waals surface area contributed by atoms with Crippen molar-refractivity contribution in [2.75, 3.05) is 19.6 Å². The normalized spacial score (nSPS) is 17.2. The number of hydrogen-bond donors (Lipinski definition) is 2. The standard InChI is InChI=1S/C20H29N3O/c1-3-4-12-21-13-7-10-19-20-17(11-14-23(19)15(2)24)16-8-5-6-9-18(16)22-20/h5-6,8-9,19,21-22H,3-4,7,10-14H2,1-2H3. The second-order valence-corrected chi connectivity index (χ2v) is 6.79. The van der Waals surface area contributed by atoms with Crippen molar-refractivity contribution in [3.8, 4) is 0 Å². The SMILES string of the molecule is CCCCNCCCC1c2[nH]c3ccccc3c2CCN1C(C)=O. The minimum Gasteiger partial charge on any atom is -0.356 e. The number of fused-ring (bicyclic) bond motifs is 3. The third-order valence-electron chi connectivity index (χ3n) is 5.10. The number of carbonyl (C=O) groups excluding carboxylic acids is 1. The largest absolute Gasteiger partial charge is 0.356 e. The average molecular weight is 327 g/mol. The van der Waals surface area contributed by atoms with Gasteiger partial charge in [0.2, 0.25) is 5.91 Å². The predicted molar refractivity (Wildman–Crippen MR) is 99.1 cm³/mol. The zero-order chi connectivity index (χ0) is 16.9. The van der Waals surface area contributed by atoms with Gasteiger partial charge in [0.1, 0.15) is 0 Å². The van der Waals surface area contributed by atoms with Gasteiger partial charge >= 0.3 is 0 Å². The summed E-state index contributed by atoms with van der Waals surface area (Å²) in [6.45, 7) is 6.86. The Balaban J connectivity index is 1.75. The van der Waals surface area contributed by atoms with Crippen LogP contribution >= 0.6 is 0 Å². The molecule has 4 nitrogen and oxygen atoms in total. The fraction of sp³-hybridized carbons (Fsp3) is 0.550. The van der Waals surface area contributed by atoms with E-state index in [0.717, 1.165) is 38.9 Å². The van der Waals surface area contributed by atoms with Gasteiger partial charge < -0.3 is 15.2 Å². The first-order valence-corrected chi connectivity index (χ1v) is 9.29. The highest BCUT2D eigenvalue weighted by molar-refractivity contribution is 5.86. The fourth-order valence-corrected chi connectivity index (χ4v) is 3.84. The molecule has 0 aliphatic carbocycles. The highest BCUT2D eigenvalue weighted by Gasteiger charge is 2.31. The second kappa shape index (κ2) is 7.84. The average Bonchev–Trinajstić information content (AvgIpc) is 2.96. The van der Waals surface area contributed by atoms with Crippen molar-refractivity contribution in [3.05, 3.63) is 35.5 Å². The first kappa shape index (κ1) is 17.0. The number of H-pyrrole nitrogens is 1. The van der Waals surface area contributed by atoms with Gasteiger partial charge in [0, 0.05) is 30.1 Å². The number of amides is 1. The molecule has 24 heavy (non-hydrogen) atoms. The molecule has 1 unspecified atom stereocenters. The highest BCUT2D eigenvalue weighted by Crippen LogP contribution is 2.36. The van der Waals surface area contributed by atoms with Gasteiger partial charge in [-0.1, -0.05) is 31.5 Å². The lowest BCUT2D eigenvalue weighted by Gasteiger charge is -2.35. The van der Waals surface area contributed by atoms with Gasteiger partial charge in [-0.15, -0.1) is 0 Å². The van der Waals surface area contributed by atoms with Crippen LogP contribution in [-0.2, 0) is 11.2 Å². The molecule has 0 saturated heterocycles. The minimum atomic E-state index is 0.184. The number of rotatable bonds is 7. The van der Waals surface area contributed by atoms with E-state index in [2.05, 4.69) is 41.5 Å². The maximum Gasteiger partial charge on any atom is 0.220 e. The number of benzene rings is 1. The molecule has 4 heteroatoms. The van der Waals surface area contributed by atoms with E-state index in [0.29, 0.717) is 0 Å². The van der Waals surface area contributed by atoms with E-state index in [1.54, 1.807) is 6.92 Å². The Morgan fingerprint density at radius 3 is 2.88 bits per heavy atom. The molecule has 1 aliphatic heterocycles. The zero-order valence-electron chi connectivity index (χ0n) is 14.9. The lowest BCUT2D eigenvalue weighted by atomic mass is 9.94. The Morgan fingerprint density at radius 1 is 1.29 bits per heavy atom. The van der Waals surface area contributed by atoms with Crippen molar-refractivity contribution in [2.24, 2.45) is 0 Å². The van der Waals surface area contributed by atoms with Crippen LogP contribution in [0.25, 0.3) is 10.9 Å². The third-order valence-corrected chi connectivity index (χ3v) is 5.10. The lowest BCUT2D eigenvalue weighted by Crippen LogP contribution is -2.39. The van der Waals surface area contributed by atoms with Gasteiger partial charge in [-0.2, -0.15) is 0 Å². The molecule has 1 aromatic carbocycles. The molecule has 0 radical (unpaired) electrons. The molecule has 1 aromatic heterocycles. The van der Waals surface area contributed by atoms with Gasteiger partial charge in [0.25, 0.3) is 0 Å². The fourth-order valence-electron chi connectivity index (χ4n) is 3.84. The zero-order valence-corrected chi connectivity index (χ0v) is 14.9. The molecule has 3 rings (SSSR count). The predicted octanol–water partition coefficient (Wildman–Crippen LogP) is 3.78. The molecular weight excluding hydrogens is 298 g/mol. The third kappa shape index (κ3) is 3.48. The van der Waals surface area contributed by atoms with E-state index >= 15 is 0 Å². The van der Waals surface area contributed by atoms with Gasteiger partial charge in [-0.05, 0) is 50.4 Å². The van der Waals surface area contributed by atoms with Crippen molar-refractivity contribution in [1.29, 1.82) is 0 Å². The molecular formula is C20H29N3O. The van der Waals surface area contributed by atoms with Crippen LogP contribution in [0.5, 0.6) is 0 Å². The number of unbranched alkanes of at least 4 members (excludes halogenated alkanes) is 1. The number of nitrogens with one attached hydrogen (secondary N) is 2. The molecule has 130 valence electrons. The van der Waals surface area contributed by atoms with Crippen LogP contribution in [0.1, 0.15) is 56.8 Å². The Bertz CT molecular complexity index is 691. The summed E-state index contributed by atoms with van der Waals surface area (Å²) in [6, 6.07) is 8.68. The van der Waals surface area contributed by atoms with Gasteiger partial charge in [0.15, 0.2) is 0 Å². The molecule has 1 atom stereocenters. The molecule has 2 N–H and O–H groups in total. The van der Waals surface area contributed by atoms with E-state index < -0.39 is 0 Å². The molecule has 2 heterocycles. The Kier molecular flexibility index (Phi) is 5.56. The number of aromatic nitrogens is 1. The maximum absolute atomic E-state index is 12.1. The summed E-state index contributed by atoms with van der Waals surface area (Å²) in [4.78, 5) is 17.7. The summed E-state index contributed by atoms with van der Waals surface area (Å²) >= 11 is 0. The highest BCUT2D eigenvalue weighted by atomic mass is 16.2. The first-order valence-electron chi connectivity index (χ1n) is 9.29. The first-order chi connectivity index (χ1) is 11.7. The molecule has 0 spiro atoms. The van der Waals surface area contributed by atoms with Crippen LogP contribution in [0.4, 0.5) is 0 Å². The number of para-hydroxylation sites is 1. The van der Waals surface area contributed by atoms with E-state index in [1.807, 2.05) is 4.90 Å². The number of aromatic amines is 1. The summed E-state index contributed by atoms with van der Waals surface area (Å²) in [6.07, 6.45) is 5.51. The van der Waals surface area contributed by atoms with Crippen molar-refractivity contribution in [2.45, 2.75) is 52.0 Å². The van der Waals surface area contributed by atoms with Gasteiger partial charge in [0.05, 0.1) is 6.04 Å². The van der Waals surface area contributed by atoms with Crippen molar-refractivity contribution >= 4 is 16.8 Å². The summed E-state index contributed by atoms with van der Waals surface area (Å²) < 4.78 is 0. The topological polar surface area (TPSA) is 48.1 Å².